The Morgan fingerprint density at radius 2 is 1.67 bits per heavy atom. The molecule has 30 heavy (non-hydrogen) atoms. The molecule has 0 saturated carbocycles. The summed E-state index contributed by atoms with van der Waals surface area (Å²) in [7, 11) is -3.60. The summed E-state index contributed by atoms with van der Waals surface area (Å²) in [5.41, 5.74) is 1.46. The van der Waals surface area contributed by atoms with Crippen molar-refractivity contribution >= 4 is 37.8 Å². The minimum atomic E-state index is -3.60. The average molecular weight is 494 g/mol. The van der Waals surface area contributed by atoms with Crippen LogP contribution in [0.2, 0.25) is 0 Å². The highest BCUT2D eigenvalue weighted by molar-refractivity contribution is 9.10. The van der Waals surface area contributed by atoms with Gasteiger partial charge in [-0.2, -0.15) is 4.31 Å². The molecule has 1 N–H and O–H groups in total. The molecule has 1 heterocycles. The van der Waals surface area contributed by atoms with E-state index in [1.54, 1.807) is 54.3 Å². The van der Waals surface area contributed by atoms with Gasteiger partial charge >= 0.3 is 0 Å². The highest BCUT2D eigenvalue weighted by Crippen LogP contribution is 2.20. The minimum Gasteiger partial charge on any atom is -0.341 e. The van der Waals surface area contributed by atoms with Crippen molar-refractivity contribution in [3.63, 3.8) is 0 Å². The van der Waals surface area contributed by atoms with Gasteiger partial charge in [0, 0.05) is 36.2 Å². The van der Waals surface area contributed by atoms with E-state index in [1.165, 1.54) is 4.31 Å². The van der Waals surface area contributed by atoms with Crippen LogP contribution in [0.25, 0.3) is 0 Å². The van der Waals surface area contributed by atoms with Gasteiger partial charge in [0.1, 0.15) is 6.04 Å². The first-order chi connectivity index (χ1) is 14.2. The molecule has 0 unspecified atom stereocenters. The summed E-state index contributed by atoms with van der Waals surface area (Å²) in [5, 5.41) is 2.73. The summed E-state index contributed by atoms with van der Waals surface area (Å²) >= 11 is 3.30. The number of amides is 2. The Kier molecular flexibility index (Phi) is 6.95. The lowest BCUT2D eigenvalue weighted by Crippen LogP contribution is -2.55. The molecule has 2 aromatic carbocycles. The molecule has 1 aliphatic heterocycles. The van der Waals surface area contributed by atoms with Gasteiger partial charge < -0.3 is 10.2 Å². The van der Waals surface area contributed by atoms with Crippen LogP contribution in [-0.2, 0) is 14.8 Å². The molecule has 1 saturated heterocycles. The number of hydrogen-bond acceptors (Lipinski definition) is 4. The molecular formula is C21H24BrN3O4S. The Morgan fingerprint density at radius 1 is 1.03 bits per heavy atom. The summed E-state index contributed by atoms with van der Waals surface area (Å²) in [6, 6.07) is 12.9. The first-order valence-electron chi connectivity index (χ1n) is 9.60. The minimum absolute atomic E-state index is 0.211. The van der Waals surface area contributed by atoms with Gasteiger partial charge in [-0.3, -0.25) is 9.59 Å². The highest BCUT2D eigenvalue weighted by Gasteiger charge is 2.31. The number of sulfonamides is 1. The van der Waals surface area contributed by atoms with Crippen LogP contribution in [0.3, 0.4) is 0 Å². The number of nitrogens with zero attached hydrogens (tertiary/aromatic N) is 2. The lowest BCUT2D eigenvalue weighted by Gasteiger charge is -2.35. The molecule has 7 nitrogen and oxygen atoms in total. The van der Waals surface area contributed by atoms with Crippen LogP contribution in [0.5, 0.6) is 0 Å². The number of aryl methyl sites for hydroxylation is 1. The summed E-state index contributed by atoms with van der Waals surface area (Å²) in [6.07, 6.45) is 0. The number of nitrogens with one attached hydrogen (secondary N) is 1. The van der Waals surface area contributed by atoms with Gasteiger partial charge in [0.15, 0.2) is 0 Å². The highest BCUT2D eigenvalue weighted by atomic mass is 79.9. The molecule has 0 bridgehead atoms. The van der Waals surface area contributed by atoms with Gasteiger partial charge in [0.25, 0.3) is 5.91 Å². The van der Waals surface area contributed by atoms with Crippen LogP contribution in [-0.4, -0.2) is 61.7 Å². The predicted molar refractivity (Wildman–Crippen MR) is 118 cm³/mol. The van der Waals surface area contributed by atoms with Gasteiger partial charge in [-0.1, -0.05) is 33.6 Å². The van der Waals surface area contributed by atoms with Crippen molar-refractivity contribution in [3.8, 4) is 0 Å². The van der Waals surface area contributed by atoms with Crippen LogP contribution in [0.1, 0.15) is 22.8 Å². The van der Waals surface area contributed by atoms with E-state index in [9.17, 15) is 18.0 Å². The Hall–Kier alpha value is -2.23. The molecule has 0 aromatic heterocycles. The molecule has 3 rings (SSSR count). The number of benzene rings is 2. The molecule has 9 heteroatoms. The topological polar surface area (TPSA) is 86.8 Å². The smallest absolute Gasteiger partial charge is 0.251 e. The van der Waals surface area contributed by atoms with Crippen LogP contribution < -0.4 is 5.32 Å². The summed E-state index contributed by atoms with van der Waals surface area (Å²) in [4.78, 5) is 26.9. The van der Waals surface area contributed by atoms with E-state index >= 15 is 0 Å². The number of carbonyl (C=O) groups excluding carboxylic acids is 2. The second-order valence-electron chi connectivity index (χ2n) is 7.25. The van der Waals surface area contributed by atoms with E-state index < -0.39 is 16.1 Å². The van der Waals surface area contributed by atoms with Crippen molar-refractivity contribution in [2.24, 2.45) is 0 Å². The average Bonchev–Trinajstić information content (AvgIpc) is 2.73. The molecule has 0 radical (unpaired) electrons. The first-order valence-corrected chi connectivity index (χ1v) is 11.8. The van der Waals surface area contributed by atoms with Crippen molar-refractivity contribution in [2.75, 3.05) is 26.2 Å². The number of piperazine rings is 1. The van der Waals surface area contributed by atoms with Crippen LogP contribution in [0.15, 0.2) is 57.9 Å². The van der Waals surface area contributed by atoms with Crippen LogP contribution >= 0.6 is 15.9 Å². The Bertz CT molecular complexity index is 1030. The second kappa shape index (κ2) is 9.28. The van der Waals surface area contributed by atoms with Crippen LogP contribution in [0, 0.1) is 6.92 Å². The van der Waals surface area contributed by atoms with E-state index in [0.29, 0.717) is 5.56 Å². The maximum Gasteiger partial charge on any atom is 0.251 e. The number of halogens is 1. The number of rotatable bonds is 5. The molecule has 1 aliphatic rings. The van der Waals surface area contributed by atoms with Crippen molar-refractivity contribution in [3.05, 3.63) is 64.1 Å². The van der Waals surface area contributed by atoms with E-state index in [0.717, 1.165) is 10.0 Å². The fourth-order valence-electron chi connectivity index (χ4n) is 3.31. The molecular weight excluding hydrogens is 470 g/mol. The number of carbonyl (C=O) groups is 2. The third kappa shape index (κ3) is 5.08. The third-order valence-corrected chi connectivity index (χ3v) is 7.44. The second-order valence-corrected chi connectivity index (χ2v) is 10.1. The molecule has 0 spiro atoms. The molecule has 1 fully saturated rings. The first kappa shape index (κ1) is 22.5. The lowest BCUT2D eigenvalue weighted by molar-refractivity contribution is -0.134. The van der Waals surface area contributed by atoms with Crippen molar-refractivity contribution < 1.29 is 18.0 Å². The zero-order chi connectivity index (χ0) is 21.9. The Morgan fingerprint density at radius 3 is 2.27 bits per heavy atom. The molecule has 2 amide bonds. The summed E-state index contributed by atoms with van der Waals surface area (Å²) in [6.45, 7) is 4.51. The molecule has 160 valence electrons. The predicted octanol–water partition coefficient (Wildman–Crippen LogP) is 2.41. The normalized spacial score (nSPS) is 16.2. The van der Waals surface area contributed by atoms with E-state index in [2.05, 4.69) is 21.2 Å². The zero-order valence-corrected chi connectivity index (χ0v) is 19.2. The van der Waals surface area contributed by atoms with Gasteiger partial charge in [-0.25, -0.2) is 8.42 Å². The van der Waals surface area contributed by atoms with E-state index in [1.807, 2.05) is 13.0 Å². The largest absolute Gasteiger partial charge is 0.341 e. The van der Waals surface area contributed by atoms with Crippen molar-refractivity contribution in [2.45, 2.75) is 24.8 Å². The Balaban J connectivity index is 1.58. The maximum absolute atomic E-state index is 12.8. The maximum atomic E-state index is 12.8. The quantitative estimate of drug-likeness (QED) is 0.692. The van der Waals surface area contributed by atoms with Gasteiger partial charge in [0.05, 0.1) is 4.90 Å². The molecule has 0 aliphatic carbocycles. The SMILES string of the molecule is Cc1cccc(C(=O)N[C@@H](C)C(=O)N2CCN(S(=O)(=O)c3ccc(Br)cc3)CC2)c1. The summed E-state index contributed by atoms with van der Waals surface area (Å²) in [5.74, 6) is -0.535. The standard InChI is InChI=1S/C21H24BrN3O4S/c1-15-4-3-5-17(14-15)20(26)23-16(2)21(27)24-10-12-25(13-11-24)30(28,29)19-8-6-18(22)7-9-19/h3-9,14,16H,10-13H2,1-2H3,(H,23,26)/t16-/m0/s1. The van der Waals surface area contributed by atoms with Crippen molar-refractivity contribution in [1.82, 2.24) is 14.5 Å². The fourth-order valence-corrected chi connectivity index (χ4v) is 4.99. The van der Waals surface area contributed by atoms with Crippen LogP contribution in [0.4, 0.5) is 0 Å². The number of hydrogen-bond donors (Lipinski definition) is 1. The summed E-state index contributed by atoms with van der Waals surface area (Å²) < 4.78 is 27.8. The Labute approximate surface area is 185 Å². The fraction of sp³-hybridized carbons (Fsp3) is 0.333. The van der Waals surface area contributed by atoms with Crippen molar-refractivity contribution in [1.29, 1.82) is 0 Å². The third-order valence-electron chi connectivity index (χ3n) is 5.00. The van der Waals surface area contributed by atoms with Gasteiger partial charge in [-0.15, -0.1) is 0 Å². The lowest BCUT2D eigenvalue weighted by atomic mass is 10.1. The molecule has 1 atom stereocenters. The zero-order valence-electron chi connectivity index (χ0n) is 16.8. The van der Waals surface area contributed by atoms with Gasteiger partial charge in [0.2, 0.25) is 15.9 Å². The van der Waals surface area contributed by atoms with E-state index in [4.69, 9.17) is 0 Å². The van der Waals surface area contributed by atoms with Gasteiger partial charge in [-0.05, 0) is 50.2 Å². The molecule has 2 aromatic rings. The van der Waals surface area contributed by atoms with E-state index in [-0.39, 0.29) is 42.9 Å². The monoisotopic (exact) mass is 493 g/mol.